The molecule has 0 atom stereocenters. The lowest BCUT2D eigenvalue weighted by Crippen LogP contribution is -2.16. The molecule has 3 aromatic rings. The molecule has 0 unspecified atom stereocenters. The Morgan fingerprint density at radius 3 is 2.25 bits per heavy atom. The molecule has 0 amide bonds. The second kappa shape index (κ2) is 9.68. The number of nitrogen functional groups attached to an aromatic ring is 1. The summed E-state index contributed by atoms with van der Waals surface area (Å²) in [5.74, 6) is 1.06. The van der Waals surface area contributed by atoms with Crippen LogP contribution in [0.15, 0.2) is 48.5 Å². The molecule has 0 spiro atoms. The first-order valence-corrected chi connectivity index (χ1v) is 10.5. The average molecular weight is 435 g/mol. The van der Waals surface area contributed by atoms with Crippen LogP contribution in [0.2, 0.25) is 0 Å². The molecule has 1 heterocycles. The van der Waals surface area contributed by atoms with Crippen LogP contribution in [-0.4, -0.2) is 29.7 Å². The summed E-state index contributed by atoms with van der Waals surface area (Å²) in [4.78, 5) is 21.6. The number of nitrogens with zero attached hydrogens (tertiary/aromatic N) is 2. The number of ether oxygens (including phenoxy) is 2. The van der Waals surface area contributed by atoms with Gasteiger partial charge in [0, 0.05) is 12.1 Å². The molecule has 0 aliphatic rings. The Balaban J connectivity index is 1.96. The lowest BCUT2D eigenvalue weighted by molar-refractivity contribution is 0.0528. The normalized spacial score (nSPS) is 11.2. The molecule has 0 bridgehead atoms. The minimum absolute atomic E-state index is 0.0390. The Hall–Kier alpha value is -3.61. The van der Waals surface area contributed by atoms with E-state index < -0.39 is 5.97 Å². The smallest absolute Gasteiger partial charge is 0.345 e. The van der Waals surface area contributed by atoms with Gasteiger partial charge in [-0.05, 0) is 35.6 Å². The van der Waals surface area contributed by atoms with Crippen molar-refractivity contribution in [3.05, 3.63) is 65.2 Å². The van der Waals surface area contributed by atoms with Gasteiger partial charge in [-0.1, -0.05) is 57.2 Å². The predicted octanol–water partition coefficient (Wildman–Crippen LogP) is 4.82. The van der Waals surface area contributed by atoms with Crippen LogP contribution in [0.4, 0.5) is 11.6 Å². The van der Waals surface area contributed by atoms with Gasteiger partial charge in [-0.15, -0.1) is 0 Å². The fraction of sp³-hybridized carbons (Fsp3) is 0.320. The van der Waals surface area contributed by atoms with Crippen molar-refractivity contribution in [3.63, 3.8) is 0 Å². The third-order valence-corrected chi connectivity index (χ3v) is 5.04. The molecule has 0 aliphatic carbocycles. The van der Waals surface area contributed by atoms with Crippen LogP contribution in [0.3, 0.4) is 0 Å². The SMILES string of the molecule is CCOC(=O)c1c(N)nc(-c2ccc(C(C)(C)C)cc2)nc1NCc1ccc(OC)cc1. The van der Waals surface area contributed by atoms with Crippen LogP contribution >= 0.6 is 0 Å². The number of esters is 1. The van der Waals surface area contributed by atoms with Crippen molar-refractivity contribution in [2.75, 3.05) is 24.8 Å². The van der Waals surface area contributed by atoms with Crippen molar-refractivity contribution in [3.8, 4) is 17.1 Å². The van der Waals surface area contributed by atoms with Gasteiger partial charge in [0.25, 0.3) is 0 Å². The molecule has 1 aromatic heterocycles. The van der Waals surface area contributed by atoms with Crippen LogP contribution in [-0.2, 0) is 16.7 Å². The van der Waals surface area contributed by atoms with Gasteiger partial charge in [0.1, 0.15) is 22.9 Å². The maximum atomic E-state index is 12.5. The minimum atomic E-state index is -0.558. The van der Waals surface area contributed by atoms with Crippen molar-refractivity contribution in [2.45, 2.75) is 39.7 Å². The number of nitrogens with two attached hydrogens (primary N) is 1. The average Bonchev–Trinajstić information content (AvgIpc) is 2.77. The van der Waals surface area contributed by atoms with Crippen molar-refractivity contribution in [2.24, 2.45) is 0 Å². The van der Waals surface area contributed by atoms with Crippen LogP contribution in [0.1, 0.15) is 49.2 Å². The summed E-state index contributed by atoms with van der Waals surface area (Å²) in [6, 6.07) is 15.7. The number of anilines is 2. The summed E-state index contributed by atoms with van der Waals surface area (Å²) >= 11 is 0. The highest BCUT2D eigenvalue weighted by Crippen LogP contribution is 2.28. The van der Waals surface area contributed by atoms with E-state index in [2.05, 4.69) is 48.2 Å². The van der Waals surface area contributed by atoms with E-state index in [1.807, 2.05) is 36.4 Å². The Kier molecular flexibility index (Phi) is 6.98. The highest BCUT2D eigenvalue weighted by Gasteiger charge is 2.22. The number of hydrogen-bond acceptors (Lipinski definition) is 7. The van der Waals surface area contributed by atoms with E-state index in [1.165, 1.54) is 5.56 Å². The molecule has 0 saturated heterocycles. The second-order valence-corrected chi connectivity index (χ2v) is 8.41. The molecule has 0 radical (unpaired) electrons. The van der Waals surface area contributed by atoms with Crippen molar-refractivity contribution in [1.82, 2.24) is 9.97 Å². The third-order valence-electron chi connectivity index (χ3n) is 5.04. The molecule has 168 valence electrons. The minimum Gasteiger partial charge on any atom is -0.497 e. The molecular weight excluding hydrogens is 404 g/mol. The first-order valence-electron chi connectivity index (χ1n) is 10.5. The summed E-state index contributed by atoms with van der Waals surface area (Å²) in [5.41, 5.74) is 9.37. The van der Waals surface area contributed by atoms with Crippen molar-refractivity contribution in [1.29, 1.82) is 0 Å². The first-order chi connectivity index (χ1) is 15.2. The standard InChI is InChI=1S/C25H30N4O3/c1-6-32-24(30)20-21(26)28-22(17-9-11-18(12-10-17)25(2,3)4)29-23(20)27-15-16-7-13-19(31-5)14-8-16/h7-14H,6,15H2,1-5H3,(H3,26,27,28,29). The van der Waals surface area contributed by atoms with Crippen molar-refractivity contribution >= 4 is 17.6 Å². The number of nitrogens with one attached hydrogen (secondary N) is 1. The highest BCUT2D eigenvalue weighted by atomic mass is 16.5. The quantitative estimate of drug-likeness (QED) is 0.514. The van der Waals surface area contributed by atoms with Crippen LogP contribution in [0.25, 0.3) is 11.4 Å². The van der Waals surface area contributed by atoms with Gasteiger partial charge in [-0.3, -0.25) is 0 Å². The fourth-order valence-electron chi connectivity index (χ4n) is 3.19. The Morgan fingerprint density at radius 1 is 1.03 bits per heavy atom. The first kappa shape index (κ1) is 23.1. The van der Waals surface area contributed by atoms with E-state index >= 15 is 0 Å². The van der Waals surface area contributed by atoms with Gasteiger partial charge < -0.3 is 20.5 Å². The maximum Gasteiger partial charge on any atom is 0.345 e. The van der Waals surface area contributed by atoms with E-state index in [0.717, 1.165) is 16.9 Å². The number of benzene rings is 2. The summed E-state index contributed by atoms with van der Waals surface area (Å²) < 4.78 is 10.4. The topological polar surface area (TPSA) is 99.4 Å². The molecule has 0 fully saturated rings. The number of methoxy groups -OCH3 is 1. The fourth-order valence-corrected chi connectivity index (χ4v) is 3.19. The zero-order chi connectivity index (χ0) is 23.3. The molecule has 7 heteroatoms. The maximum absolute atomic E-state index is 12.5. The number of rotatable bonds is 7. The van der Waals surface area contributed by atoms with E-state index in [-0.39, 0.29) is 23.4 Å². The van der Waals surface area contributed by atoms with Gasteiger partial charge in [-0.25, -0.2) is 14.8 Å². The number of carbonyl (C=O) groups excluding carboxylic acids is 1. The van der Waals surface area contributed by atoms with E-state index in [4.69, 9.17) is 15.2 Å². The molecule has 32 heavy (non-hydrogen) atoms. The summed E-state index contributed by atoms with van der Waals surface area (Å²) in [6.45, 7) is 8.88. The van der Waals surface area contributed by atoms with Gasteiger partial charge in [0.05, 0.1) is 13.7 Å². The van der Waals surface area contributed by atoms with Gasteiger partial charge >= 0.3 is 5.97 Å². The van der Waals surface area contributed by atoms with Gasteiger partial charge in [-0.2, -0.15) is 0 Å². The lowest BCUT2D eigenvalue weighted by Gasteiger charge is -2.19. The molecule has 7 nitrogen and oxygen atoms in total. The molecule has 0 saturated carbocycles. The van der Waals surface area contributed by atoms with Crippen LogP contribution < -0.4 is 15.8 Å². The van der Waals surface area contributed by atoms with E-state index in [0.29, 0.717) is 18.2 Å². The van der Waals surface area contributed by atoms with Gasteiger partial charge in [0.2, 0.25) is 0 Å². The molecule has 3 N–H and O–H groups in total. The van der Waals surface area contributed by atoms with E-state index in [1.54, 1.807) is 14.0 Å². The molecule has 2 aromatic carbocycles. The number of aromatic nitrogens is 2. The zero-order valence-electron chi connectivity index (χ0n) is 19.2. The van der Waals surface area contributed by atoms with Crippen molar-refractivity contribution < 1.29 is 14.3 Å². The summed E-state index contributed by atoms with van der Waals surface area (Å²) in [5, 5.41) is 3.22. The predicted molar refractivity (Wildman–Crippen MR) is 127 cm³/mol. The molecule has 0 aliphatic heterocycles. The summed E-state index contributed by atoms with van der Waals surface area (Å²) in [7, 11) is 1.62. The van der Waals surface area contributed by atoms with Crippen LogP contribution in [0.5, 0.6) is 5.75 Å². The summed E-state index contributed by atoms with van der Waals surface area (Å²) in [6.07, 6.45) is 0. The van der Waals surface area contributed by atoms with E-state index in [9.17, 15) is 4.79 Å². The number of carbonyl (C=O) groups is 1. The third kappa shape index (κ3) is 5.35. The molecular formula is C25H30N4O3. The Morgan fingerprint density at radius 2 is 1.69 bits per heavy atom. The lowest BCUT2D eigenvalue weighted by atomic mass is 9.87. The molecule has 3 rings (SSSR count). The largest absolute Gasteiger partial charge is 0.497 e. The second-order valence-electron chi connectivity index (χ2n) is 8.41. The number of hydrogen-bond donors (Lipinski definition) is 2. The zero-order valence-corrected chi connectivity index (χ0v) is 19.2. The van der Waals surface area contributed by atoms with Gasteiger partial charge in [0.15, 0.2) is 5.82 Å². The Labute approximate surface area is 189 Å². The van der Waals surface area contributed by atoms with Crippen LogP contribution in [0, 0.1) is 0 Å². The Bertz CT molecular complexity index is 1070. The highest BCUT2D eigenvalue weighted by molar-refractivity contribution is 5.99. The monoisotopic (exact) mass is 434 g/mol.